The SMILES string of the molecule is C=Cc1c(Cl)cccc1Cl.C=Cc1cccc(F)c1F. The third-order valence-electron chi connectivity index (χ3n) is 2.41. The summed E-state index contributed by atoms with van der Waals surface area (Å²) in [7, 11) is 0. The molecule has 0 unspecified atom stereocenters. The Labute approximate surface area is 127 Å². The number of benzene rings is 2. The molecule has 0 saturated heterocycles. The Bertz CT molecular complexity index is 602. The molecule has 0 amide bonds. The van der Waals surface area contributed by atoms with Crippen molar-refractivity contribution in [3.63, 3.8) is 0 Å². The molecule has 4 heteroatoms. The van der Waals surface area contributed by atoms with Crippen LogP contribution in [0, 0.1) is 11.6 Å². The summed E-state index contributed by atoms with van der Waals surface area (Å²) in [6.45, 7) is 6.91. The van der Waals surface area contributed by atoms with E-state index in [0.717, 1.165) is 11.6 Å². The third-order valence-corrected chi connectivity index (χ3v) is 3.06. The summed E-state index contributed by atoms with van der Waals surface area (Å²) in [6.07, 6.45) is 2.92. The summed E-state index contributed by atoms with van der Waals surface area (Å²) in [5.74, 6) is -1.67. The summed E-state index contributed by atoms with van der Waals surface area (Å²) in [5.41, 5.74) is 0.992. The van der Waals surface area contributed by atoms with Crippen LogP contribution in [0.5, 0.6) is 0 Å². The fourth-order valence-electron chi connectivity index (χ4n) is 1.38. The van der Waals surface area contributed by atoms with Crippen LogP contribution in [0.15, 0.2) is 49.6 Å². The molecule has 2 aromatic carbocycles. The van der Waals surface area contributed by atoms with Gasteiger partial charge in [-0.05, 0) is 18.2 Å². The van der Waals surface area contributed by atoms with Crippen molar-refractivity contribution in [3.8, 4) is 0 Å². The van der Waals surface area contributed by atoms with E-state index < -0.39 is 11.6 Å². The van der Waals surface area contributed by atoms with Crippen LogP contribution in [0.1, 0.15) is 11.1 Å². The number of hydrogen-bond acceptors (Lipinski definition) is 0. The van der Waals surface area contributed by atoms with E-state index in [4.69, 9.17) is 23.2 Å². The van der Waals surface area contributed by atoms with Crippen molar-refractivity contribution in [1.29, 1.82) is 0 Å². The molecule has 0 bridgehead atoms. The summed E-state index contributed by atoms with van der Waals surface area (Å²) < 4.78 is 24.9. The monoisotopic (exact) mass is 312 g/mol. The molecular formula is C16H12Cl2F2. The van der Waals surface area contributed by atoms with Crippen LogP contribution >= 0.6 is 23.2 Å². The van der Waals surface area contributed by atoms with Gasteiger partial charge in [-0.1, -0.05) is 66.7 Å². The Morgan fingerprint density at radius 3 is 1.80 bits per heavy atom. The smallest absolute Gasteiger partial charge is 0.166 e. The molecule has 0 aromatic heterocycles. The topological polar surface area (TPSA) is 0 Å². The van der Waals surface area contributed by atoms with E-state index in [0.29, 0.717) is 10.0 Å². The van der Waals surface area contributed by atoms with Gasteiger partial charge in [0.05, 0.1) is 0 Å². The minimum Gasteiger partial charge on any atom is -0.204 e. The predicted molar refractivity (Wildman–Crippen MR) is 83.0 cm³/mol. The molecule has 0 saturated carbocycles. The fraction of sp³-hybridized carbons (Fsp3) is 0. The second-order valence-electron chi connectivity index (χ2n) is 3.69. The normalized spacial score (nSPS) is 9.40. The van der Waals surface area contributed by atoms with Crippen LogP contribution in [-0.4, -0.2) is 0 Å². The van der Waals surface area contributed by atoms with Crippen LogP contribution in [0.25, 0.3) is 12.2 Å². The largest absolute Gasteiger partial charge is 0.204 e. The maximum absolute atomic E-state index is 12.6. The van der Waals surface area contributed by atoms with E-state index in [-0.39, 0.29) is 5.56 Å². The lowest BCUT2D eigenvalue weighted by molar-refractivity contribution is 0.507. The maximum Gasteiger partial charge on any atom is 0.166 e. The first kappa shape index (κ1) is 16.4. The van der Waals surface area contributed by atoms with Crippen LogP contribution in [0.2, 0.25) is 10.0 Å². The molecule has 0 aliphatic heterocycles. The maximum atomic E-state index is 12.6. The highest BCUT2D eigenvalue weighted by Gasteiger charge is 2.02. The first-order valence-corrected chi connectivity index (χ1v) is 6.39. The van der Waals surface area contributed by atoms with Crippen LogP contribution in [0.4, 0.5) is 8.78 Å². The molecule has 2 aromatic rings. The molecule has 0 aliphatic carbocycles. The fourth-order valence-corrected chi connectivity index (χ4v) is 1.94. The van der Waals surface area contributed by atoms with E-state index in [2.05, 4.69) is 13.2 Å². The summed E-state index contributed by atoms with van der Waals surface area (Å²) in [4.78, 5) is 0. The Hall–Kier alpha value is -1.64. The van der Waals surface area contributed by atoms with Crippen LogP contribution < -0.4 is 0 Å². The van der Waals surface area contributed by atoms with Gasteiger partial charge in [-0.25, -0.2) is 8.78 Å². The van der Waals surface area contributed by atoms with Gasteiger partial charge in [-0.2, -0.15) is 0 Å². The molecule has 20 heavy (non-hydrogen) atoms. The van der Waals surface area contributed by atoms with Gasteiger partial charge in [0.25, 0.3) is 0 Å². The summed E-state index contributed by atoms with van der Waals surface area (Å²) in [6, 6.07) is 9.34. The van der Waals surface area contributed by atoms with Gasteiger partial charge in [-0.15, -0.1) is 0 Å². The average Bonchev–Trinajstić information content (AvgIpc) is 2.43. The second kappa shape index (κ2) is 7.83. The Kier molecular flexibility index (Phi) is 6.43. The van der Waals surface area contributed by atoms with Gasteiger partial charge in [-0.3, -0.25) is 0 Å². The third kappa shape index (κ3) is 4.19. The highest BCUT2D eigenvalue weighted by molar-refractivity contribution is 6.37. The lowest BCUT2D eigenvalue weighted by Gasteiger charge is -1.98. The molecule has 0 heterocycles. The van der Waals surface area contributed by atoms with Crippen LogP contribution in [-0.2, 0) is 0 Å². The quantitative estimate of drug-likeness (QED) is 0.615. The molecule has 0 fully saturated rings. The van der Waals surface area contributed by atoms with Crippen molar-refractivity contribution in [2.24, 2.45) is 0 Å². The molecule has 0 N–H and O–H groups in total. The molecule has 0 nitrogen and oxygen atoms in total. The van der Waals surface area contributed by atoms with Crippen molar-refractivity contribution < 1.29 is 8.78 Å². The molecule has 104 valence electrons. The minimum atomic E-state index is -0.836. The van der Waals surface area contributed by atoms with E-state index in [1.165, 1.54) is 18.2 Å². The van der Waals surface area contributed by atoms with Gasteiger partial charge in [0, 0.05) is 21.2 Å². The molecule has 0 atom stereocenters. The standard InChI is InChI=1S/C8H6Cl2.C8H6F2/c1-2-6-7(9)4-3-5-8(6)10;1-2-6-4-3-5-7(9)8(6)10/h2*2-5H,1H2. The molecule has 0 radical (unpaired) electrons. The highest BCUT2D eigenvalue weighted by atomic mass is 35.5. The van der Waals surface area contributed by atoms with Crippen LogP contribution in [0.3, 0.4) is 0 Å². The van der Waals surface area contributed by atoms with E-state index in [1.807, 2.05) is 0 Å². The lowest BCUT2D eigenvalue weighted by Crippen LogP contribution is -1.85. The van der Waals surface area contributed by atoms with Gasteiger partial charge in [0.2, 0.25) is 0 Å². The zero-order valence-electron chi connectivity index (χ0n) is 10.5. The first-order valence-electron chi connectivity index (χ1n) is 5.64. The summed E-state index contributed by atoms with van der Waals surface area (Å²) >= 11 is 11.5. The molecule has 0 aliphatic rings. The van der Waals surface area contributed by atoms with Crippen molar-refractivity contribution in [3.05, 3.63) is 82.4 Å². The average molecular weight is 313 g/mol. The summed E-state index contributed by atoms with van der Waals surface area (Å²) in [5, 5.41) is 1.28. The highest BCUT2D eigenvalue weighted by Crippen LogP contribution is 2.24. The molecule has 2 rings (SSSR count). The minimum absolute atomic E-state index is 0.194. The number of halogens is 4. The Morgan fingerprint density at radius 2 is 1.40 bits per heavy atom. The van der Waals surface area contributed by atoms with E-state index in [9.17, 15) is 8.78 Å². The van der Waals surface area contributed by atoms with Gasteiger partial charge >= 0.3 is 0 Å². The van der Waals surface area contributed by atoms with Gasteiger partial charge in [0.1, 0.15) is 0 Å². The zero-order valence-corrected chi connectivity index (χ0v) is 12.1. The predicted octanol–water partition coefficient (Wildman–Crippen LogP) is 6.24. The Balaban J connectivity index is 0.000000200. The van der Waals surface area contributed by atoms with Gasteiger partial charge in [0.15, 0.2) is 11.6 Å². The molecule has 0 spiro atoms. The van der Waals surface area contributed by atoms with Crippen molar-refractivity contribution in [1.82, 2.24) is 0 Å². The van der Waals surface area contributed by atoms with Crippen molar-refractivity contribution in [2.75, 3.05) is 0 Å². The number of rotatable bonds is 2. The zero-order chi connectivity index (χ0) is 15.1. The Morgan fingerprint density at radius 1 is 0.850 bits per heavy atom. The number of hydrogen-bond donors (Lipinski definition) is 0. The lowest BCUT2D eigenvalue weighted by atomic mass is 10.2. The second-order valence-corrected chi connectivity index (χ2v) is 4.50. The van der Waals surface area contributed by atoms with Gasteiger partial charge < -0.3 is 0 Å². The molecular weight excluding hydrogens is 301 g/mol. The first-order chi connectivity index (χ1) is 9.51. The van der Waals surface area contributed by atoms with Crippen molar-refractivity contribution in [2.45, 2.75) is 0 Å². The van der Waals surface area contributed by atoms with E-state index in [1.54, 1.807) is 24.3 Å². The van der Waals surface area contributed by atoms with E-state index >= 15 is 0 Å². The van der Waals surface area contributed by atoms with Crippen molar-refractivity contribution >= 4 is 35.4 Å².